The van der Waals surface area contributed by atoms with Gasteiger partial charge < -0.3 is 10.1 Å². The number of H-pyrrole nitrogens is 1. The van der Waals surface area contributed by atoms with Crippen molar-refractivity contribution >= 4 is 0 Å². The molecule has 0 spiro atoms. The fourth-order valence-electron chi connectivity index (χ4n) is 1.94. The first kappa shape index (κ1) is 12.9. The molecule has 0 saturated carbocycles. The van der Waals surface area contributed by atoms with E-state index in [0.717, 1.165) is 13.0 Å². The van der Waals surface area contributed by atoms with Gasteiger partial charge in [-0.05, 0) is 25.1 Å². The van der Waals surface area contributed by atoms with E-state index in [4.69, 9.17) is 0 Å². The highest BCUT2D eigenvalue weighted by atomic mass is 19.4. The zero-order valence-electron chi connectivity index (χ0n) is 10.2. The fourth-order valence-corrected chi connectivity index (χ4v) is 1.94. The number of nitrogens with one attached hydrogen (secondary N) is 2. The van der Waals surface area contributed by atoms with Crippen LogP contribution in [0.5, 0.6) is 5.75 Å². The maximum atomic E-state index is 12.4. The van der Waals surface area contributed by atoms with Crippen LogP contribution in [0.15, 0.2) is 24.3 Å². The van der Waals surface area contributed by atoms with Crippen molar-refractivity contribution in [1.29, 1.82) is 0 Å². The van der Waals surface area contributed by atoms with Crippen molar-refractivity contribution in [3.63, 3.8) is 0 Å². The SMILES string of the molecule is FC(F)(F)Oc1ccccc1-c1n[nH]c([C@@H]2CCN2)n1. The molecule has 0 amide bonds. The largest absolute Gasteiger partial charge is 0.573 e. The third kappa shape index (κ3) is 2.60. The van der Waals surface area contributed by atoms with E-state index in [1.54, 1.807) is 6.07 Å². The number of aromatic nitrogens is 3. The Bertz CT molecular complexity index is 607. The lowest BCUT2D eigenvalue weighted by Crippen LogP contribution is -2.35. The Kier molecular flexibility index (Phi) is 3.09. The van der Waals surface area contributed by atoms with Crippen molar-refractivity contribution in [2.75, 3.05) is 6.54 Å². The van der Waals surface area contributed by atoms with Crippen molar-refractivity contribution in [3.05, 3.63) is 30.1 Å². The van der Waals surface area contributed by atoms with Crippen molar-refractivity contribution in [2.45, 2.75) is 18.8 Å². The molecule has 8 heteroatoms. The minimum atomic E-state index is -4.75. The molecule has 0 aliphatic carbocycles. The van der Waals surface area contributed by atoms with Gasteiger partial charge in [0.1, 0.15) is 11.6 Å². The Morgan fingerprint density at radius 3 is 2.65 bits per heavy atom. The Morgan fingerprint density at radius 1 is 1.25 bits per heavy atom. The van der Waals surface area contributed by atoms with Crippen LogP contribution in [0.25, 0.3) is 11.4 Å². The molecular weight excluding hydrogens is 273 g/mol. The highest BCUT2D eigenvalue weighted by molar-refractivity contribution is 5.63. The fraction of sp³-hybridized carbons (Fsp3) is 0.333. The summed E-state index contributed by atoms with van der Waals surface area (Å²) in [5.74, 6) is 0.494. The monoisotopic (exact) mass is 284 g/mol. The van der Waals surface area contributed by atoms with E-state index in [2.05, 4.69) is 25.2 Å². The van der Waals surface area contributed by atoms with Crippen LogP contribution in [0, 0.1) is 0 Å². The van der Waals surface area contributed by atoms with E-state index in [1.165, 1.54) is 18.2 Å². The molecule has 1 aromatic heterocycles. The van der Waals surface area contributed by atoms with Crippen LogP contribution in [0.2, 0.25) is 0 Å². The van der Waals surface area contributed by atoms with E-state index in [9.17, 15) is 13.2 Å². The number of halogens is 3. The summed E-state index contributed by atoms with van der Waals surface area (Å²) < 4.78 is 41.0. The van der Waals surface area contributed by atoms with Crippen LogP contribution in [-0.4, -0.2) is 28.1 Å². The first-order valence-corrected chi connectivity index (χ1v) is 6.04. The highest BCUT2D eigenvalue weighted by Gasteiger charge is 2.32. The number of nitrogens with zero attached hydrogens (tertiary/aromatic N) is 2. The molecule has 1 saturated heterocycles. The minimum Gasteiger partial charge on any atom is -0.405 e. The molecule has 20 heavy (non-hydrogen) atoms. The topological polar surface area (TPSA) is 62.8 Å². The number of hydrogen-bond acceptors (Lipinski definition) is 4. The second-order valence-electron chi connectivity index (χ2n) is 4.38. The number of alkyl halides is 3. The summed E-state index contributed by atoms with van der Waals surface area (Å²) in [5, 5.41) is 9.83. The quantitative estimate of drug-likeness (QED) is 0.908. The normalized spacial score (nSPS) is 18.6. The lowest BCUT2D eigenvalue weighted by Gasteiger charge is -2.24. The Balaban J connectivity index is 1.91. The third-order valence-electron chi connectivity index (χ3n) is 3.01. The zero-order chi connectivity index (χ0) is 14.2. The average Bonchev–Trinajstić information content (AvgIpc) is 2.74. The Morgan fingerprint density at radius 2 is 2.00 bits per heavy atom. The van der Waals surface area contributed by atoms with Crippen molar-refractivity contribution in [1.82, 2.24) is 20.5 Å². The number of hydrogen-bond donors (Lipinski definition) is 2. The van der Waals surface area contributed by atoms with Gasteiger partial charge in [0.25, 0.3) is 0 Å². The molecule has 1 aliphatic heterocycles. The van der Waals surface area contributed by atoms with Gasteiger partial charge in [-0.15, -0.1) is 13.2 Å². The van der Waals surface area contributed by atoms with Crippen LogP contribution >= 0.6 is 0 Å². The molecule has 3 rings (SSSR count). The standard InChI is InChI=1S/C12H11F3N4O/c13-12(14,15)20-9-4-2-1-3-7(9)10-17-11(19-18-10)8-5-6-16-8/h1-4,8,16H,5-6H2,(H,17,18,19)/t8-/m0/s1. The van der Waals surface area contributed by atoms with Gasteiger partial charge in [0, 0.05) is 0 Å². The molecule has 2 heterocycles. The first-order valence-electron chi connectivity index (χ1n) is 6.04. The second kappa shape index (κ2) is 4.78. The molecule has 1 atom stereocenters. The zero-order valence-corrected chi connectivity index (χ0v) is 10.2. The molecule has 1 fully saturated rings. The molecule has 2 N–H and O–H groups in total. The number of ether oxygens (including phenoxy) is 1. The van der Waals surface area contributed by atoms with Gasteiger partial charge in [-0.3, -0.25) is 5.10 Å². The Labute approximate surface area is 112 Å². The van der Waals surface area contributed by atoms with Gasteiger partial charge in [-0.2, -0.15) is 5.10 Å². The number of rotatable bonds is 3. The summed E-state index contributed by atoms with van der Waals surface area (Å²) in [6.07, 6.45) is -3.82. The van der Waals surface area contributed by atoms with E-state index >= 15 is 0 Å². The molecule has 5 nitrogen and oxygen atoms in total. The number of aromatic amines is 1. The molecule has 0 unspecified atom stereocenters. The first-order chi connectivity index (χ1) is 9.53. The van der Waals surface area contributed by atoms with E-state index in [1.807, 2.05) is 0 Å². The number of para-hydroxylation sites is 1. The molecule has 2 aromatic rings. The predicted molar refractivity (Wildman–Crippen MR) is 63.9 cm³/mol. The summed E-state index contributed by atoms with van der Waals surface area (Å²) in [4.78, 5) is 4.22. The summed E-state index contributed by atoms with van der Waals surface area (Å²) in [6, 6.07) is 5.89. The summed E-state index contributed by atoms with van der Waals surface area (Å²) in [5.41, 5.74) is 0.201. The maximum Gasteiger partial charge on any atom is 0.573 e. The molecule has 106 valence electrons. The maximum absolute atomic E-state index is 12.4. The highest BCUT2D eigenvalue weighted by Crippen LogP contribution is 2.32. The molecule has 1 aliphatic rings. The second-order valence-corrected chi connectivity index (χ2v) is 4.38. The van der Waals surface area contributed by atoms with E-state index < -0.39 is 6.36 Å². The predicted octanol–water partition coefficient (Wildman–Crippen LogP) is 2.40. The smallest absolute Gasteiger partial charge is 0.405 e. The van der Waals surface area contributed by atoms with Gasteiger partial charge in [-0.1, -0.05) is 12.1 Å². The summed E-state index contributed by atoms with van der Waals surface area (Å²) in [6.45, 7) is 0.897. The van der Waals surface area contributed by atoms with Crippen LogP contribution in [0.3, 0.4) is 0 Å². The van der Waals surface area contributed by atoms with Crippen LogP contribution in [0.4, 0.5) is 13.2 Å². The summed E-state index contributed by atoms with van der Waals surface area (Å²) in [7, 11) is 0. The molecule has 0 bridgehead atoms. The van der Waals surface area contributed by atoms with E-state index in [0.29, 0.717) is 5.82 Å². The molecule has 0 radical (unpaired) electrons. The van der Waals surface area contributed by atoms with Crippen molar-refractivity contribution in [3.8, 4) is 17.1 Å². The van der Waals surface area contributed by atoms with Gasteiger partial charge >= 0.3 is 6.36 Å². The molecular formula is C12H11F3N4O. The average molecular weight is 284 g/mol. The van der Waals surface area contributed by atoms with Gasteiger partial charge in [-0.25, -0.2) is 4.98 Å². The van der Waals surface area contributed by atoms with Crippen LogP contribution < -0.4 is 10.1 Å². The van der Waals surface area contributed by atoms with Gasteiger partial charge in [0.05, 0.1) is 11.6 Å². The van der Waals surface area contributed by atoms with Crippen LogP contribution in [-0.2, 0) is 0 Å². The molecule has 1 aromatic carbocycles. The van der Waals surface area contributed by atoms with Crippen LogP contribution in [0.1, 0.15) is 18.3 Å². The lowest BCUT2D eigenvalue weighted by molar-refractivity contribution is -0.274. The third-order valence-corrected chi connectivity index (χ3v) is 3.01. The summed E-state index contributed by atoms with van der Waals surface area (Å²) >= 11 is 0. The lowest BCUT2D eigenvalue weighted by atomic mass is 10.1. The minimum absolute atomic E-state index is 0.0898. The van der Waals surface area contributed by atoms with Crippen molar-refractivity contribution in [2.24, 2.45) is 0 Å². The van der Waals surface area contributed by atoms with Gasteiger partial charge in [0.15, 0.2) is 5.82 Å². The Hall–Kier alpha value is -2.09. The van der Waals surface area contributed by atoms with E-state index in [-0.39, 0.29) is 23.2 Å². The van der Waals surface area contributed by atoms with Crippen molar-refractivity contribution < 1.29 is 17.9 Å². The number of benzene rings is 1. The van der Waals surface area contributed by atoms with Gasteiger partial charge in [0.2, 0.25) is 0 Å².